The van der Waals surface area contributed by atoms with Crippen molar-refractivity contribution in [1.29, 1.82) is 0 Å². The smallest absolute Gasteiger partial charge is 0.252 e. The first-order valence-electron chi connectivity index (χ1n) is 6.87. The summed E-state index contributed by atoms with van der Waals surface area (Å²) in [6.45, 7) is 1.96. The van der Waals surface area contributed by atoms with Crippen molar-refractivity contribution in [2.24, 2.45) is 0 Å². The van der Waals surface area contributed by atoms with Gasteiger partial charge >= 0.3 is 0 Å². The maximum absolute atomic E-state index is 12.1. The van der Waals surface area contributed by atoms with Crippen LogP contribution in [0, 0.1) is 0 Å². The maximum atomic E-state index is 12.1. The lowest BCUT2D eigenvalue weighted by molar-refractivity contribution is 0.102. The second-order valence-corrected chi connectivity index (χ2v) is 5.64. The molecule has 0 aliphatic rings. The van der Waals surface area contributed by atoms with Gasteiger partial charge in [0.05, 0.1) is 5.75 Å². The van der Waals surface area contributed by atoms with E-state index in [1.54, 1.807) is 16.5 Å². The van der Waals surface area contributed by atoms with Crippen molar-refractivity contribution in [1.82, 2.24) is 19.6 Å². The van der Waals surface area contributed by atoms with Crippen molar-refractivity contribution in [3.63, 3.8) is 0 Å². The van der Waals surface area contributed by atoms with Crippen molar-refractivity contribution < 1.29 is 4.79 Å². The van der Waals surface area contributed by atoms with Crippen molar-refractivity contribution in [3.8, 4) is 0 Å². The van der Waals surface area contributed by atoms with Gasteiger partial charge in [-0.2, -0.15) is 0 Å². The van der Waals surface area contributed by atoms with Crippen molar-refractivity contribution in [3.05, 3.63) is 58.0 Å². The molecule has 22 heavy (non-hydrogen) atoms. The van der Waals surface area contributed by atoms with Crippen LogP contribution >= 0.6 is 11.8 Å². The number of aromatic amines is 1. The SMILES string of the molecule is CCc1cc(=O)[nH]c2nnc(SCC(=O)c3ccccc3)n12. The van der Waals surface area contributed by atoms with Crippen LogP contribution in [0.3, 0.4) is 0 Å². The fourth-order valence-electron chi connectivity index (χ4n) is 2.16. The zero-order chi connectivity index (χ0) is 15.5. The van der Waals surface area contributed by atoms with Crippen LogP contribution in [-0.4, -0.2) is 31.1 Å². The van der Waals surface area contributed by atoms with Gasteiger partial charge in [0.1, 0.15) is 0 Å². The van der Waals surface area contributed by atoms with Crippen LogP contribution in [0.25, 0.3) is 5.78 Å². The number of Topliss-reactive ketones (excluding diaryl/α,β-unsaturated/α-hetero) is 1. The Labute approximate surface area is 130 Å². The van der Waals surface area contributed by atoms with Crippen LogP contribution in [0.4, 0.5) is 0 Å². The van der Waals surface area contributed by atoms with Gasteiger partial charge in [-0.25, -0.2) is 0 Å². The molecule has 3 rings (SSSR count). The predicted octanol–water partition coefficient (Wildman–Crippen LogP) is 1.95. The number of aromatic nitrogens is 4. The Kier molecular flexibility index (Phi) is 4.06. The lowest BCUT2D eigenvalue weighted by Gasteiger charge is -2.04. The molecule has 0 saturated heterocycles. The Morgan fingerprint density at radius 3 is 2.77 bits per heavy atom. The average molecular weight is 314 g/mol. The van der Waals surface area contributed by atoms with E-state index in [4.69, 9.17) is 0 Å². The summed E-state index contributed by atoms with van der Waals surface area (Å²) in [5, 5.41) is 8.63. The van der Waals surface area contributed by atoms with E-state index in [0.29, 0.717) is 22.9 Å². The molecule has 112 valence electrons. The van der Waals surface area contributed by atoms with Gasteiger partial charge in [-0.3, -0.25) is 19.0 Å². The molecule has 3 aromatic rings. The third-order valence-corrected chi connectivity index (χ3v) is 4.17. The Hall–Kier alpha value is -2.41. The Bertz CT molecular complexity index is 870. The number of hydrogen-bond donors (Lipinski definition) is 1. The third-order valence-electron chi connectivity index (χ3n) is 3.24. The van der Waals surface area contributed by atoms with E-state index in [0.717, 1.165) is 5.69 Å². The molecule has 0 amide bonds. The summed E-state index contributed by atoms with van der Waals surface area (Å²) in [7, 11) is 0. The molecule has 0 aliphatic heterocycles. The predicted molar refractivity (Wildman–Crippen MR) is 84.5 cm³/mol. The van der Waals surface area contributed by atoms with Crippen LogP contribution in [-0.2, 0) is 6.42 Å². The second-order valence-electron chi connectivity index (χ2n) is 4.70. The van der Waals surface area contributed by atoms with Gasteiger partial charge in [0.2, 0.25) is 5.78 Å². The molecular weight excluding hydrogens is 300 g/mol. The fourth-order valence-corrected chi connectivity index (χ4v) is 3.02. The lowest BCUT2D eigenvalue weighted by Crippen LogP contribution is -2.11. The Balaban J connectivity index is 1.86. The lowest BCUT2D eigenvalue weighted by atomic mass is 10.2. The Morgan fingerprint density at radius 1 is 1.27 bits per heavy atom. The van der Waals surface area contributed by atoms with E-state index in [1.807, 2.05) is 25.1 Å². The highest BCUT2D eigenvalue weighted by atomic mass is 32.2. The number of benzene rings is 1. The van der Waals surface area contributed by atoms with Gasteiger partial charge in [-0.1, -0.05) is 49.0 Å². The number of thioether (sulfide) groups is 1. The molecule has 0 aliphatic carbocycles. The van der Waals surface area contributed by atoms with E-state index in [-0.39, 0.29) is 17.1 Å². The number of carbonyl (C=O) groups excluding carboxylic acids is 1. The minimum atomic E-state index is -0.200. The molecule has 0 fully saturated rings. The molecule has 6 nitrogen and oxygen atoms in total. The van der Waals surface area contributed by atoms with Gasteiger partial charge < -0.3 is 0 Å². The highest BCUT2D eigenvalue weighted by Gasteiger charge is 2.13. The van der Waals surface area contributed by atoms with Gasteiger partial charge in [-0.15, -0.1) is 10.2 Å². The molecule has 1 N–H and O–H groups in total. The maximum Gasteiger partial charge on any atom is 0.252 e. The van der Waals surface area contributed by atoms with Crippen molar-refractivity contribution in [2.45, 2.75) is 18.5 Å². The summed E-state index contributed by atoms with van der Waals surface area (Å²) in [5.74, 6) is 0.705. The van der Waals surface area contributed by atoms with E-state index < -0.39 is 0 Å². The molecule has 1 aromatic carbocycles. The van der Waals surface area contributed by atoms with Gasteiger partial charge in [-0.05, 0) is 6.42 Å². The van der Waals surface area contributed by atoms with E-state index in [1.165, 1.54) is 17.8 Å². The largest absolute Gasteiger partial charge is 0.293 e. The van der Waals surface area contributed by atoms with Crippen LogP contribution in [0.2, 0.25) is 0 Å². The van der Waals surface area contributed by atoms with Crippen molar-refractivity contribution in [2.75, 3.05) is 5.75 Å². The number of fused-ring (bicyclic) bond motifs is 1. The molecule has 0 unspecified atom stereocenters. The first-order chi connectivity index (χ1) is 10.7. The molecule has 0 bridgehead atoms. The number of H-pyrrole nitrogens is 1. The van der Waals surface area contributed by atoms with Crippen LogP contribution in [0.15, 0.2) is 46.3 Å². The van der Waals surface area contributed by atoms with Crippen LogP contribution < -0.4 is 5.56 Å². The average Bonchev–Trinajstić information content (AvgIpc) is 2.95. The zero-order valence-electron chi connectivity index (χ0n) is 11.9. The Morgan fingerprint density at radius 2 is 2.05 bits per heavy atom. The quantitative estimate of drug-likeness (QED) is 0.575. The molecule has 0 radical (unpaired) electrons. The summed E-state index contributed by atoms with van der Waals surface area (Å²) < 4.78 is 1.78. The molecule has 0 saturated carbocycles. The summed E-state index contributed by atoms with van der Waals surface area (Å²) in [6, 6.07) is 10.7. The molecule has 2 heterocycles. The topological polar surface area (TPSA) is 80.1 Å². The minimum absolute atomic E-state index is 0.0322. The number of carbonyl (C=O) groups is 1. The number of nitrogens with zero attached hydrogens (tertiary/aromatic N) is 3. The molecule has 0 spiro atoms. The number of hydrogen-bond acceptors (Lipinski definition) is 5. The highest BCUT2D eigenvalue weighted by molar-refractivity contribution is 7.99. The molecule has 7 heteroatoms. The minimum Gasteiger partial charge on any atom is -0.293 e. The summed E-state index contributed by atoms with van der Waals surface area (Å²) in [4.78, 5) is 26.3. The molecular formula is C15H14N4O2S. The number of rotatable bonds is 5. The monoisotopic (exact) mass is 314 g/mol. The van der Waals surface area contributed by atoms with Crippen molar-refractivity contribution >= 4 is 23.3 Å². The molecule has 0 atom stereocenters. The first kappa shape index (κ1) is 14.5. The van der Waals surface area contributed by atoms with E-state index in [2.05, 4.69) is 15.2 Å². The normalized spacial score (nSPS) is 11.0. The first-order valence-corrected chi connectivity index (χ1v) is 7.86. The number of ketones is 1. The van der Waals surface area contributed by atoms with Crippen LogP contribution in [0.5, 0.6) is 0 Å². The molecule has 2 aromatic heterocycles. The highest BCUT2D eigenvalue weighted by Crippen LogP contribution is 2.19. The fraction of sp³-hybridized carbons (Fsp3) is 0.200. The third kappa shape index (κ3) is 2.80. The second kappa shape index (κ2) is 6.15. The summed E-state index contributed by atoms with van der Waals surface area (Å²) in [6.07, 6.45) is 0.679. The van der Waals surface area contributed by atoms with E-state index in [9.17, 15) is 9.59 Å². The van der Waals surface area contributed by atoms with Gasteiger partial charge in [0.15, 0.2) is 10.9 Å². The summed E-state index contributed by atoms with van der Waals surface area (Å²) >= 11 is 1.31. The van der Waals surface area contributed by atoms with E-state index >= 15 is 0 Å². The standard InChI is InChI=1S/C15H14N4O2S/c1-2-11-8-13(21)16-14-17-18-15(19(11)14)22-9-12(20)10-6-4-3-5-7-10/h3-8H,2,9H2,1H3,(H,16,17,21). The summed E-state index contributed by atoms with van der Waals surface area (Å²) in [5.41, 5.74) is 1.29. The van der Waals surface area contributed by atoms with Gasteiger partial charge in [0, 0.05) is 17.3 Å². The number of aryl methyl sites for hydroxylation is 1. The van der Waals surface area contributed by atoms with Gasteiger partial charge in [0.25, 0.3) is 5.56 Å². The van der Waals surface area contributed by atoms with Crippen LogP contribution in [0.1, 0.15) is 23.0 Å². The zero-order valence-corrected chi connectivity index (χ0v) is 12.8. The number of nitrogens with one attached hydrogen (secondary N) is 1.